The van der Waals surface area contributed by atoms with Crippen molar-refractivity contribution in [1.82, 2.24) is 5.32 Å². The van der Waals surface area contributed by atoms with Crippen LogP contribution in [0.1, 0.15) is 40.0 Å². The number of hydrogen-bond acceptors (Lipinski definition) is 3. The molecule has 0 aromatic heterocycles. The van der Waals surface area contributed by atoms with Crippen LogP contribution in [0.15, 0.2) is 0 Å². The maximum Gasteiger partial charge on any atom is 0.0614 e. The summed E-state index contributed by atoms with van der Waals surface area (Å²) in [6.07, 6.45) is 3.24. The Kier molecular flexibility index (Phi) is 3.56. The van der Waals surface area contributed by atoms with Crippen molar-refractivity contribution < 1.29 is 9.84 Å². The van der Waals surface area contributed by atoms with Crippen LogP contribution in [0.3, 0.4) is 0 Å². The fourth-order valence-corrected chi connectivity index (χ4v) is 2.13. The molecule has 1 fully saturated rings. The zero-order chi connectivity index (χ0) is 10.8. The van der Waals surface area contributed by atoms with E-state index in [1.165, 1.54) is 0 Å². The van der Waals surface area contributed by atoms with Gasteiger partial charge in [-0.2, -0.15) is 0 Å². The van der Waals surface area contributed by atoms with E-state index in [0.29, 0.717) is 0 Å². The SMILES string of the molecule is CNC1(CO)CCC(OC(C)(C)C)C1. The van der Waals surface area contributed by atoms with Crippen LogP contribution in [0.2, 0.25) is 0 Å². The van der Waals surface area contributed by atoms with Gasteiger partial charge in [0.25, 0.3) is 0 Å². The Morgan fingerprint density at radius 3 is 2.50 bits per heavy atom. The molecule has 0 aromatic carbocycles. The summed E-state index contributed by atoms with van der Waals surface area (Å²) in [6.45, 7) is 6.43. The van der Waals surface area contributed by atoms with Crippen LogP contribution in [0, 0.1) is 0 Å². The van der Waals surface area contributed by atoms with Gasteiger partial charge in [-0.05, 0) is 47.1 Å². The Balaban J connectivity index is 2.48. The highest BCUT2D eigenvalue weighted by Gasteiger charge is 2.39. The summed E-state index contributed by atoms with van der Waals surface area (Å²) in [7, 11) is 1.91. The van der Waals surface area contributed by atoms with Gasteiger partial charge in [0.1, 0.15) is 0 Å². The summed E-state index contributed by atoms with van der Waals surface area (Å²) in [5.74, 6) is 0. The highest BCUT2D eigenvalue weighted by Crippen LogP contribution is 2.33. The number of aliphatic hydroxyl groups excluding tert-OH is 1. The van der Waals surface area contributed by atoms with Crippen molar-refractivity contribution >= 4 is 0 Å². The molecular formula is C11H23NO2. The summed E-state index contributed by atoms with van der Waals surface area (Å²) in [5.41, 5.74) is -0.181. The van der Waals surface area contributed by atoms with E-state index in [9.17, 15) is 5.11 Å². The zero-order valence-corrected chi connectivity index (χ0v) is 9.76. The Labute approximate surface area is 86.8 Å². The van der Waals surface area contributed by atoms with Gasteiger partial charge in [-0.3, -0.25) is 0 Å². The quantitative estimate of drug-likeness (QED) is 0.723. The lowest BCUT2D eigenvalue weighted by Crippen LogP contribution is -2.44. The number of ether oxygens (including phenoxy) is 1. The number of likely N-dealkylation sites (N-methyl/N-ethyl adjacent to an activating group) is 1. The smallest absolute Gasteiger partial charge is 0.0614 e. The van der Waals surface area contributed by atoms with Gasteiger partial charge in [-0.1, -0.05) is 0 Å². The molecule has 0 amide bonds. The topological polar surface area (TPSA) is 41.5 Å². The molecule has 0 spiro atoms. The van der Waals surface area contributed by atoms with Crippen LogP contribution in [-0.4, -0.2) is 36.0 Å². The fraction of sp³-hybridized carbons (Fsp3) is 1.00. The molecular weight excluding hydrogens is 178 g/mol. The lowest BCUT2D eigenvalue weighted by atomic mass is 9.99. The van der Waals surface area contributed by atoms with Crippen LogP contribution in [0.5, 0.6) is 0 Å². The summed E-state index contributed by atoms with van der Waals surface area (Å²) in [6, 6.07) is 0. The van der Waals surface area contributed by atoms with E-state index in [-0.39, 0.29) is 23.9 Å². The average molecular weight is 201 g/mol. The fourth-order valence-electron chi connectivity index (χ4n) is 2.13. The van der Waals surface area contributed by atoms with E-state index in [1.807, 2.05) is 7.05 Å². The van der Waals surface area contributed by atoms with Crippen LogP contribution in [0.25, 0.3) is 0 Å². The Morgan fingerprint density at radius 2 is 2.14 bits per heavy atom. The minimum atomic E-state index is -0.101. The predicted octanol–water partition coefficient (Wildman–Crippen LogP) is 1.30. The van der Waals surface area contributed by atoms with E-state index in [0.717, 1.165) is 19.3 Å². The first kappa shape index (κ1) is 12.0. The molecule has 2 unspecified atom stereocenters. The molecule has 0 aromatic rings. The molecule has 0 bridgehead atoms. The van der Waals surface area contributed by atoms with Crippen molar-refractivity contribution in [1.29, 1.82) is 0 Å². The first-order chi connectivity index (χ1) is 6.41. The molecule has 3 heteroatoms. The van der Waals surface area contributed by atoms with Crippen molar-refractivity contribution in [2.75, 3.05) is 13.7 Å². The Bertz CT molecular complexity index is 182. The minimum absolute atomic E-state index is 0.0794. The van der Waals surface area contributed by atoms with Crippen molar-refractivity contribution in [3.05, 3.63) is 0 Å². The molecule has 0 radical (unpaired) electrons. The second-order valence-electron chi connectivity index (χ2n) is 5.28. The summed E-state index contributed by atoms with van der Waals surface area (Å²) in [5, 5.41) is 12.5. The molecule has 2 N–H and O–H groups in total. The first-order valence-electron chi connectivity index (χ1n) is 5.38. The maximum atomic E-state index is 9.31. The Morgan fingerprint density at radius 1 is 1.50 bits per heavy atom. The molecule has 1 aliphatic carbocycles. The first-order valence-corrected chi connectivity index (χ1v) is 5.38. The third kappa shape index (κ3) is 2.94. The third-order valence-corrected chi connectivity index (χ3v) is 2.92. The number of aliphatic hydroxyl groups is 1. The molecule has 14 heavy (non-hydrogen) atoms. The molecule has 2 atom stereocenters. The van der Waals surface area contributed by atoms with Crippen molar-refractivity contribution in [3.63, 3.8) is 0 Å². The number of hydrogen-bond donors (Lipinski definition) is 2. The molecule has 1 aliphatic rings. The summed E-state index contributed by atoms with van der Waals surface area (Å²) < 4.78 is 5.91. The molecule has 0 aliphatic heterocycles. The average Bonchev–Trinajstić information content (AvgIpc) is 2.46. The molecule has 1 rings (SSSR count). The highest BCUT2D eigenvalue weighted by molar-refractivity contribution is 4.96. The van der Waals surface area contributed by atoms with Crippen molar-refractivity contribution in [2.45, 2.75) is 57.3 Å². The van der Waals surface area contributed by atoms with Gasteiger partial charge in [0.15, 0.2) is 0 Å². The van der Waals surface area contributed by atoms with Gasteiger partial charge >= 0.3 is 0 Å². The number of rotatable bonds is 3. The van der Waals surface area contributed by atoms with Gasteiger partial charge in [0.2, 0.25) is 0 Å². The molecule has 0 heterocycles. The zero-order valence-electron chi connectivity index (χ0n) is 9.76. The van der Waals surface area contributed by atoms with Crippen LogP contribution < -0.4 is 5.32 Å². The minimum Gasteiger partial charge on any atom is -0.394 e. The molecule has 84 valence electrons. The lowest BCUT2D eigenvalue weighted by molar-refractivity contribution is -0.0598. The van der Waals surface area contributed by atoms with Gasteiger partial charge < -0.3 is 15.2 Å². The highest BCUT2D eigenvalue weighted by atomic mass is 16.5. The van der Waals surface area contributed by atoms with Crippen LogP contribution >= 0.6 is 0 Å². The van der Waals surface area contributed by atoms with Gasteiger partial charge in [-0.15, -0.1) is 0 Å². The molecule has 0 saturated heterocycles. The van der Waals surface area contributed by atoms with Crippen LogP contribution in [0.4, 0.5) is 0 Å². The molecule has 3 nitrogen and oxygen atoms in total. The van der Waals surface area contributed by atoms with E-state index in [1.54, 1.807) is 0 Å². The largest absolute Gasteiger partial charge is 0.394 e. The third-order valence-electron chi connectivity index (χ3n) is 2.92. The van der Waals surface area contributed by atoms with E-state index in [4.69, 9.17) is 4.74 Å². The normalized spacial score (nSPS) is 33.6. The van der Waals surface area contributed by atoms with Crippen molar-refractivity contribution in [3.8, 4) is 0 Å². The van der Waals surface area contributed by atoms with E-state index >= 15 is 0 Å². The van der Waals surface area contributed by atoms with Crippen LogP contribution in [-0.2, 0) is 4.74 Å². The van der Waals surface area contributed by atoms with Gasteiger partial charge in [-0.25, -0.2) is 0 Å². The Hall–Kier alpha value is -0.120. The summed E-state index contributed by atoms with van der Waals surface area (Å²) >= 11 is 0. The standard InChI is InChI=1S/C11H23NO2/c1-10(2,3)14-9-5-6-11(7-9,8-13)12-4/h9,12-13H,5-8H2,1-4H3. The summed E-state index contributed by atoms with van der Waals surface area (Å²) in [4.78, 5) is 0. The second-order valence-corrected chi connectivity index (χ2v) is 5.28. The second kappa shape index (κ2) is 4.17. The predicted molar refractivity (Wildman–Crippen MR) is 57.4 cm³/mol. The maximum absolute atomic E-state index is 9.31. The monoisotopic (exact) mass is 201 g/mol. The van der Waals surface area contributed by atoms with Gasteiger partial charge in [0, 0.05) is 5.54 Å². The van der Waals surface area contributed by atoms with Gasteiger partial charge in [0.05, 0.1) is 18.3 Å². The number of nitrogens with one attached hydrogen (secondary N) is 1. The molecule has 1 saturated carbocycles. The van der Waals surface area contributed by atoms with E-state index < -0.39 is 0 Å². The van der Waals surface area contributed by atoms with E-state index in [2.05, 4.69) is 26.1 Å². The lowest BCUT2D eigenvalue weighted by Gasteiger charge is -2.28. The van der Waals surface area contributed by atoms with Crippen molar-refractivity contribution in [2.24, 2.45) is 0 Å².